The number of allylic oxidation sites excluding steroid dienone is 3. The van der Waals surface area contributed by atoms with Crippen LogP contribution < -0.4 is 16.0 Å². The van der Waals surface area contributed by atoms with Crippen LogP contribution in [0.3, 0.4) is 0 Å². The summed E-state index contributed by atoms with van der Waals surface area (Å²) >= 11 is 0. The molecule has 2 aromatic carbocycles. The van der Waals surface area contributed by atoms with E-state index in [1.807, 2.05) is 30.4 Å². The molecule has 2 aromatic heterocycles. The van der Waals surface area contributed by atoms with Gasteiger partial charge in [-0.3, -0.25) is 9.79 Å². The first kappa shape index (κ1) is 27.9. The molecule has 3 aliphatic heterocycles. The molecule has 4 N–H and O–H groups in total. The van der Waals surface area contributed by atoms with Gasteiger partial charge in [-0.2, -0.15) is 0 Å². The minimum Gasteiger partial charge on any atom is -0.479 e. The molecular weight excluding hydrogens is 576 g/mol. The second-order valence-electron chi connectivity index (χ2n) is 10.9. The molecule has 0 fully saturated rings. The Morgan fingerprint density at radius 3 is 2.40 bits per heavy atom. The van der Waals surface area contributed by atoms with E-state index in [9.17, 15) is 23.5 Å². The molecule has 222 valence electrons. The molecule has 45 heavy (non-hydrogen) atoms. The highest BCUT2D eigenvalue weighted by molar-refractivity contribution is 6.20. The summed E-state index contributed by atoms with van der Waals surface area (Å²) in [5.41, 5.74) is 3.23. The van der Waals surface area contributed by atoms with Gasteiger partial charge in [-0.25, -0.2) is 18.6 Å². The Morgan fingerprint density at radius 2 is 1.64 bits per heavy atom. The van der Waals surface area contributed by atoms with Crippen LogP contribution in [0.15, 0.2) is 107 Å². The third-order valence-electron chi connectivity index (χ3n) is 7.80. The first-order chi connectivity index (χ1) is 21.7. The summed E-state index contributed by atoms with van der Waals surface area (Å²) in [6.45, 7) is 0. The van der Waals surface area contributed by atoms with E-state index in [2.05, 4.69) is 25.3 Å². The number of benzene rings is 2. The van der Waals surface area contributed by atoms with Crippen molar-refractivity contribution in [2.45, 2.75) is 18.4 Å². The zero-order valence-corrected chi connectivity index (χ0v) is 23.6. The molecule has 0 spiro atoms. The first-order valence-electron chi connectivity index (χ1n) is 14.1. The molecular formula is C35H25F2N5O3. The number of aromatic amines is 2. The van der Waals surface area contributed by atoms with E-state index in [0.717, 1.165) is 16.4 Å². The Hall–Kier alpha value is -5.90. The Morgan fingerprint density at radius 1 is 0.889 bits per heavy atom. The monoisotopic (exact) mass is 601 g/mol. The third-order valence-corrected chi connectivity index (χ3v) is 7.80. The molecule has 8 bridgehead atoms. The molecule has 0 aliphatic carbocycles. The third kappa shape index (κ3) is 5.49. The number of carboxylic acid groups (broad SMARTS) is 1. The molecule has 0 saturated carbocycles. The van der Waals surface area contributed by atoms with Crippen molar-refractivity contribution in [2.75, 3.05) is 5.32 Å². The van der Waals surface area contributed by atoms with E-state index in [0.29, 0.717) is 45.2 Å². The highest BCUT2D eigenvalue weighted by atomic mass is 19.3. The number of anilines is 1. The number of fused-ring (bicyclic) bond motifs is 6. The van der Waals surface area contributed by atoms with Crippen molar-refractivity contribution in [1.29, 1.82) is 0 Å². The van der Waals surface area contributed by atoms with Crippen molar-refractivity contribution in [1.82, 2.24) is 9.97 Å². The maximum absolute atomic E-state index is 13.7. The van der Waals surface area contributed by atoms with E-state index in [1.165, 1.54) is 12.1 Å². The number of alkyl halides is 2. The molecule has 1 atom stereocenters. The normalized spacial score (nSPS) is 18.2. The number of nitrogens with one attached hydrogen (secondary N) is 3. The van der Waals surface area contributed by atoms with Crippen LogP contribution >= 0.6 is 0 Å². The van der Waals surface area contributed by atoms with Gasteiger partial charge in [-0.15, -0.1) is 0 Å². The fourth-order valence-electron chi connectivity index (χ4n) is 5.58. The molecule has 7 rings (SSSR count). The highest BCUT2D eigenvalue weighted by Gasteiger charge is 2.39. The van der Waals surface area contributed by atoms with Gasteiger partial charge in [-0.05, 0) is 77.9 Å². The number of amides is 1. The number of hydrogen-bond donors (Lipinski definition) is 4. The average molecular weight is 602 g/mol. The van der Waals surface area contributed by atoms with E-state index in [4.69, 9.17) is 0 Å². The number of carbonyl (C=O) groups excluding carboxylic acids is 1. The lowest BCUT2D eigenvalue weighted by Crippen LogP contribution is -2.36. The first-order valence-corrected chi connectivity index (χ1v) is 14.1. The number of rotatable bonds is 5. The van der Waals surface area contributed by atoms with Gasteiger partial charge >= 0.3 is 5.97 Å². The van der Waals surface area contributed by atoms with Gasteiger partial charge in [0.1, 0.15) is 0 Å². The number of aliphatic carboxylic acids is 1. The van der Waals surface area contributed by atoms with Gasteiger partial charge in [0.25, 0.3) is 12.3 Å². The number of carboxylic acids is 1. The zero-order chi connectivity index (χ0) is 31.1. The predicted octanol–water partition coefficient (Wildman–Crippen LogP) is 5.20. The summed E-state index contributed by atoms with van der Waals surface area (Å²) in [5.74, 6) is -1.53. The number of carbonyl (C=O) groups is 2. The van der Waals surface area contributed by atoms with Crippen LogP contribution in [0.5, 0.6) is 0 Å². The zero-order valence-electron chi connectivity index (χ0n) is 23.6. The van der Waals surface area contributed by atoms with Crippen LogP contribution in [-0.4, -0.2) is 43.9 Å². The Kier molecular flexibility index (Phi) is 6.81. The van der Waals surface area contributed by atoms with E-state index in [-0.39, 0.29) is 12.0 Å². The number of nitrogens with zero attached hydrogens (tertiary/aromatic N) is 2. The molecule has 10 heteroatoms. The Balaban J connectivity index is 1.29. The summed E-state index contributed by atoms with van der Waals surface area (Å²) in [6, 6.07) is 18.2. The van der Waals surface area contributed by atoms with Crippen LogP contribution in [0.4, 0.5) is 14.5 Å². The summed E-state index contributed by atoms with van der Waals surface area (Å²) in [4.78, 5) is 42.1. The second-order valence-corrected chi connectivity index (χ2v) is 10.9. The standard InChI is InChI=1S/C35H25F2N5O3/c36-32(37)21-7-5-20(6-8-21)28-3-1-2-4-29(28)33(43)41-31-18-27-19-35(34(44)45)14-13-26(42-35)16-24-10-9-22(38-24)15-23-11-12-25(39-23)17-30(31)40-27/h1-18,32,38,40H,19H2,(H,41,43)(H,44,45). The van der Waals surface area contributed by atoms with Gasteiger partial charge in [0.15, 0.2) is 5.54 Å². The Labute approximate surface area is 255 Å². The highest BCUT2D eigenvalue weighted by Crippen LogP contribution is 2.31. The van der Waals surface area contributed by atoms with Crippen LogP contribution in [0.25, 0.3) is 29.4 Å². The quantitative estimate of drug-likeness (QED) is 0.251. The lowest BCUT2D eigenvalue weighted by Gasteiger charge is -2.18. The lowest BCUT2D eigenvalue weighted by molar-refractivity contribution is -0.141. The van der Waals surface area contributed by atoms with Crippen molar-refractivity contribution in [3.63, 3.8) is 0 Å². The molecule has 4 aromatic rings. The maximum atomic E-state index is 13.7. The Bertz CT molecular complexity index is 2150. The summed E-state index contributed by atoms with van der Waals surface area (Å²) in [7, 11) is 0. The van der Waals surface area contributed by atoms with Crippen molar-refractivity contribution in [3.05, 3.63) is 130 Å². The van der Waals surface area contributed by atoms with Crippen LogP contribution in [0, 0.1) is 0 Å². The minimum atomic E-state index is -2.59. The summed E-state index contributed by atoms with van der Waals surface area (Å²) in [5, 5.41) is 14.8. The molecule has 5 heterocycles. The number of aromatic nitrogens is 2. The predicted molar refractivity (Wildman–Crippen MR) is 170 cm³/mol. The van der Waals surface area contributed by atoms with Crippen molar-refractivity contribution in [2.24, 2.45) is 9.98 Å². The molecule has 1 amide bonds. The molecule has 3 aliphatic rings. The van der Waals surface area contributed by atoms with Crippen LogP contribution in [0.1, 0.15) is 33.7 Å². The van der Waals surface area contributed by atoms with Crippen molar-refractivity contribution < 1.29 is 23.5 Å². The SMILES string of the molecule is O=C(Nc1cc2[nH]c1C=C1C=CC(=N1)C=c1ccc([nH]1)=CC1=NC(C(=O)O)(C=C1)C2)c1ccccc1-c1ccc(C(F)F)cc1. The molecule has 0 saturated heterocycles. The molecule has 1 unspecified atom stereocenters. The largest absolute Gasteiger partial charge is 0.479 e. The van der Waals surface area contributed by atoms with Gasteiger partial charge in [-0.1, -0.05) is 42.5 Å². The number of H-pyrrole nitrogens is 2. The summed E-state index contributed by atoms with van der Waals surface area (Å²) in [6.07, 6.45) is 9.83. The molecule has 8 nitrogen and oxygen atoms in total. The smallest absolute Gasteiger partial charge is 0.336 e. The van der Waals surface area contributed by atoms with Crippen molar-refractivity contribution in [3.8, 4) is 11.1 Å². The molecule has 0 radical (unpaired) electrons. The van der Waals surface area contributed by atoms with E-state index >= 15 is 0 Å². The van der Waals surface area contributed by atoms with Gasteiger partial charge < -0.3 is 20.4 Å². The van der Waals surface area contributed by atoms with Gasteiger partial charge in [0, 0.05) is 33.9 Å². The van der Waals surface area contributed by atoms with Crippen molar-refractivity contribution >= 4 is 47.2 Å². The van der Waals surface area contributed by atoms with Gasteiger partial charge in [0.05, 0.1) is 28.5 Å². The number of aliphatic imine (C=N–C) groups is 2. The minimum absolute atomic E-state index is 0.00337. The number of hydrogen-bond acceptors (Lipinski definition) is 4. The van der Waals surface area contributed by atoms with Crippen LogP contribution in [-0.2, 0) is 11.2 Å². The topological polar surface area (TPSA) is 123 Å². The van der Waals surface area contributed by atoms with Gasteiger partial charge in [0.2, 0.25) is 0 Å². The van der Waals surface area contributed by atoms with E-state index < -0.39 is 23.8 Å². The maximum Gasteiger partial charge on any atom is 0.336 e. The summed E-state index contributed by atoms with van der Waals surface area (Å²) < 4.78 is 26.3. The second kappa shape index (κ2) is 11.0. The lowest BCUT2D eigenvalue weighted by atomic mass is 9.95. The fraction of sp³-hybridized carbons (Fsp3) is 0.0857. The van der Waals surface area contributed by atoms with E-state index in [1.54, 1.807) is 66.8 Å². The fourth-order valence-corrected chi connectivity index (χ4v) is 5.58. The number of halogens is 2. The average Bonchev–Trinajstić information content (AvgIpc) is 3.83. The van der Waals surface area contributed by atoms with Crippen LogP contribution in [0.2, 0.25) is 0 Å².